The number of ether oxygens (including phenoxy) is 2. The topological polar surface area (TPSA) is 130 Å². The first-order valence-corrected chi connectivity index (χ1v) is 9.44. The Bertz CT molecular complexity index is 1090. The van der Waals surface area contributed by atoms with Crippen LogP contribution in [0.5, 0.6) is 23.0 Å². The Hall–Kier alpha value is -3.40. The molecule has 0 fully saturated rings. The van der Waals surface area contributed by atoms with E-state index in [4.69, 9.17) is 20.9 Å². The van der Waals surface area contributed by atoms with E-state index in [1.54, 1.807) is 0 Å². The zero-order valence-corrected chi connectivity index (χ0v) is 14.9. The second-order valence-electron chi connectivity index (χ2n) is 5.53. The third-order valence-electron chi connectivity index (χ3n) is 3.41. The molecular formula is C17H15FN4O4S. The van der Waals surface area contributed by atoms with Gasteiger partial charge in [-0.15, -0.1) is 0 Å². The van der Waals surface area contributed by atoms with Gasteiger partial charge < -0.3 is 20.9 Å². The molecule has 8 nitrogen and oxygen atoms in total. The maximum atomic E-state index is 13.8. The summed E-state index contributed by atoms with van der Waals surface area (Å²) in [6, 6.07) is 8.41. The van der Waals surface area contributed by atoms with E-state index < -0.39 is 15.8 Å². The quantitative estimate of drug-likeness (QED) is 0.502. The molecule has 140 valence electrons. The Labute approximate surface area is 154 Å². The zero-order valence-electron chi connectivity index (χ0n) is 14.1. The summed E-state index contributed by atoms with van der Waals surface area (Å²) in [6.45, 7) is 0. The lowest BCUT2D eigenvalue weighted by Crippen LogP contribution is -2.01. The molecule has 3 rings (SSSR count). The van der Waals surface area contributed by atoms with Crippen LogP contribution in [0.1, 0.15) is 0 Å². The minimum Gasteiger partial charge on any atom is -0.452 e. The van der Waals surface area contributed by atoms with E-state index >= 15 is 0 Å². The number of hydrogen-bond donors (Lipinski definition) is 2. The van der Waals surface area contributed by atoms with Crippen LogP contribution in [-0.2, 0) is 9.84 Å². The number of sulfone groups is 1. The predicted octanol–water partition coefficient (Wildman–Crippen LogP) is 2.77. The molecule has 0 saturated carbocycles. The van der Waals surface area contributed by atoms with Crippen LogP contribution in [0.2, 0.25) is 0 Å². The first-order valence-electron chi connectivity index (χ1n) is 7.55. The van der Waals surface area contributed by atoms with Gasteiger partial charge in [-0.1, -0.05) is 0 Å². The number of rotatable bonds is 5. The van der Waals surface area contributed by atoms with E-state index in [0.717, 1.165) is 6.26 Å². The van der Waals surface area contributed by atoms with Gasteiger partial charge in [-0.2, -0.15) is 4.39 Å². The summed E-state index contributed by atoms with van der Waals surface area (Å²) >= 11 is 0. The average molecular weight is 390 g/mol. The van der Waals surface area contributed by atoms with E-state index in [0.29, 0.717) is 0 Å². The molecule has 0 spiro atoms. The Morgan fingerprint density at radius 3 is 2.19 bits per heavy atom. The van der Waals surface area contributed by atoms with Gasteiger partial charge in [0.1, 0.15) is 5.75 Å². The van der Waals surface area contributed by atoms with Crippen LogP contribution >= 0.6 is 0 Å². The van der Waals surface area contributed by atoms with Crippen molar-refractivity contribution in [2.45, 2.75) is 5.03 Å². The highest BCUT2D eigenvalue weighted by Crippen LogP contribution is 2.39. The van der Waals surface area contributed by atoms with Crippen molar-refractivity contribution >= 4 is 21.2 Å². The fraction of sp³-hybridized carbons (Fsp3) is 0.0588. The molecule has 2 aromatic heterocycles. The van der Waals surface area contributed by atoms with Crippen molar-refractivity contribution in [3.63, 3.8) is 0 Å². The molecule has 4 N–H and O–H groups in total. The summed E-state index contributed by atoms with van der Waals surface area (Å²) in [4.78, 5) is 7.34. The largest absolute Gasteiger partial charge is 0.452 e. The Morgan fingerprint density at radius 1 is 0.963 bits per heavy atom. The van der Waals surface area contributed by atoms with Crippen molar-refractivity contribution in [1.82, 2.24) is 9.97 Å². The Morgan fingerprint density at radius 2 is 1.63 bits per heavy atom. The second-order valence-corrected chi connectivity index (χ2v) is 7.49. The van der Waals surface area contributed by atoms with Gasteiger partial charge in [-0.05, 0) is 24.3 Å². The molecule has 0 radical (unpaired) electrons. The molecule has 0 aliphatic rings. The smallest absolute Gasteiger partial charge is 0.255 e. The lowest BCUT2D eigenvalue weighted by atomic mass is 10.2. The maximum Gasteiger partial charge on any atom is 0.255 e. The van der Waals surface area contributed by atoms with Gasteiger partial charge in [-0.3, -0.25) is 0 Å². The summed E-state index contributed by atoms with van der Waals surface area (Å²) in [5.74, 6) is -0.474. The van der Waals surface area contributed by atoms with Crippen molar-refractivity contribution in [2.75, 3.05) is 17.7 Å². The molecule has 0 aliphatic heterocycles. The number of aromatic nitrogens is 2. The van der Waals surface area contributed by atoms with Gasteiger partial charge in [0.05, 0.1) is 17.6 Å². The van der Waals surface area contributed by atoms with Gasteiger partial charge in [-0.25, -0.2) is 18.4 Å². The number of anilines is 2. The molecule has 0 saturated heterocycles. The fourth-order valence-electron chi connectivity index (χ4n) is 2.09. The molecule has 0 unspecified atom stereocenters. The van der Waals surface area contributed by atoms with Crippen LogP contribution in [0, 0.1) is 5.95 Å². The SMILES string of the molecule is CS(=O)(=O)c1ccc(Oc2cc(N)c(N)cc2Oc2cccnc2F)cn1. The van der Waals surface area contributed by atoms with Crippen molar-refractivity contribution < 1.29 is 22.3 Å². The molecule has 0 bridgehead atoms. The van der Waals surface area contributed by atoms with Gasteiger partial charge >= 0.3 is 0 Å². The van der Waals surface area contributed by atoms with Crippen LogP contribution in [0.15, 0.2) is 53.8 Å². The van der Waals surface area contributed by atoms with Crippen LogP contribution in [0.25, 0.3) is 0 Å². The average Bonchev–Trinajstić information content (AvgIpc) is 2.61. The van der Waals surface area contributed by atoms with E-state index in [1.807, 2.05) is 0 Å². The molecule has 3 aromatic rings. The Balaban J connectivity index is 1.95. The minimum absolute atomic E-state index is 0.0967. The van der Waals surface area contributed by atoms with Crippen LogP contribution in [-0.4, -0.2) is 24.6 Å². The first-order chi connectivity index (χ1) is 12.7. The summed E-state index contributed by atoms with van der Waals surface area (Å²) in [5.41, 5.74) is 12.0. The molecule has 2 heterocycles. The number of benzene rings is 1. The van der Waals surface area contributed by atoms with Crippen LogP contribution < -0.4 is 20.9 Å². The summed E-state index contributed by atoms with van der Waals surface area (Å²) in [5, 5.41) is -0.0967. The minimum atomic E-state index is -3.43. The molecule has 1 aromatic carbocycles. The molecule has 0 amide bonds. The highest BCUT2D eigenvalue weighted by atomic mass is 32.2. The molecular weight excluding hydrogens is 375 g/mol. The number of nitrogen functional groups attached to an aromatic ring is 2. The standard InChI is InChI=1S/C17H15FN4O4S/c1-27(23,24)16-5-4-10(9-22-16)25-14-7-11(19)12(20)8-15(14)26-13-3-2-6-21-17(13)18/h2-9H,19-20H2,1H3. The molecule has 0 atom stereocenters. The third kappa shape index (κ3) is 4.23. The maximum absolute atomic E-state index is 13.8. The van der Waals surface area contributed by atoms with Crippen molar-refractivity contribution in [3.05, 3.63) is 54.7 Å². The third-order valence-corrected chi connectivity index (χ3v) is 4.41. The molecule has 27 heavy (non-hydrogen) atoms. The number of nitrogens with zero attached hydrogens (tertiary/aromatic N) is 2. The van der Waals surface area contributed by atoms with E-state index in [-0.39, 0.29) is 39.4 Å². The van der Waals surface area contributed by atoms with Crippen molar-refractivity contribution in [3.8, 4) is 23.0 Å². The molecule has 10 heteroatoms. The number of pyridine rings is 2. The Kier molecular flexibility index (Phi) is 4.82. The van der Waals surface area contributed by atoms with Gasteiger partial charge in [0, 0.05) is 24.6 Å². The number of hydrogen-bond acceptors (Lipinski definition) is 8. The highest BCUT2D eigenvalue weighted by molar-refractivity contribution is 7.90. The van der Waals surface area contributed by atoms with Gasteiger partial charge in [0.25, 0.3) is 5.95 Å². The lowest BCUT2D eigenvalue weighted by Gasteiger charge is -2.14. The van der Waals surface area contributed by atoms with Crippen LogP contribution in [0.3, 0.4) is 0 Å². The fourth-order valence-corrected chi connectivity index (χ4v) is 2.65. The summed E-state index contributed by atoms with van der Waals surface area (Å²) < 4.78 is 47.9. The van der Waals surface area contributed by atoms with E-state index in [2.05, 4.69) is 9.97 Å². The zero-order chi connectivity index (χ0) is 19.6. The summed E-state index contributed by atoms with van der Waals surface area (Å²) in [6.07, 6.45) is 3.56. The van der Waals surface area contributed by atoms with Gasteiger partial charge in [0.2, 0.25) is 0 Å². The number of nitrogens with two attached hydrogens (primary N) is 2. The predicted molar refractivity (Wildman–Crippen MR) is 97.0 cm³/mol. The monoisotopic (exact) mass is 390 g/mol. The normalized spacial score (nSPS) is 11.2. The number of halogens is 1. The second kappa shape index (κ2) is 7.08. The highest BCUT2D eigenvalue weighted by Gasteiger charge is 2.15. The van der Waals surface area contributed by atoms with E-state index in [9.17, 15) is 12.8 Å². The van der Waals surface area contributed by atoms with Crippen molar-refractivity contribution in [1.29, 1.82) is 0 Å². The first kappa shape index (κ1) is 18.4. The van der Waals surface area contributed by atoms with Crippen LogP contribution in [0.4, 0.5) is 15.8 Å². The van der Waals surface area contributed by atoms with Crippen molar-refractivity contribution in [2.24, 2.45) is 0 Å². The molecule has 0 aliphatic carbocycles. The van der Waals surface area contributed by atoms with Gasteiger partial charge in [0.15, 0.2) is 32.1 Å². The lowest BCUT2D eigenvalue weighted by molar-refractivity contribution is 0.395. The summed E-state index contributed by atoms with van der Waals surface area (Å²) in [7, 11) is -3.43. The van der Waals surface area contributed by atoms with E-state index in [1.165, 1.54) is 48.8 Å².